The lowest BCUT2D eigenvalue weighted by Crippen LogP contribution is -2.42. The lowest BCUT2D eigenvalue weighted by Gasteiger charge is -2.28. The van der Waals surface area contributed by atoms with E-state index >= 15 is 0 Å². The third kappa shape index (κ3) is 4.72. The van der Waals surface area contributed by atoms with Crippen molar-refractivity contribution in [3.05, 3.63) is 69.5 Å². The van der Waals surface area contributed by atoms with E-state index in [2.05, 4.69) is 10.3 Å². The molecule has 4 aromatic rings. The molecule has 0 saturated carbocycles. The van der Waals surface area contributed by atoms with Crippen LogP contribution < -0.4 is 10.2 Å². The first-order chi connectivity index (χ1) is 16.9. The molecule has 0 radical (unpaired) electrons. The summed E-state index contributed by atoms with van der Waals surface area (Å²) in [5.74, 6) is 0.451. The standard InChI is InChI=1S/C24H23ClN6O3S/c1-15-9-17(3-4-18(15)30-7-8-34-13-22(30)32)31-12-16(28-23(31)19-11-26-14-29(19)2)10-27-24(33)20-5-6-21(25)35-20/h3-6,9,11-12,14H,7-8,10,13H2,1-2H3,(H,27,33). The Bertz CT molecular complexity index is 1410. The molecule has 5 rings (SSSR count). The van der Waals surface area contributed by atoms with Crippen LogP contribution in [0.15, 0.2) is 49.1 Å². The van der Waals surface area contributed by atoms with Gasteiger partial charge >= 0.3 is 0 Å². The number of aromatic nitrogens is 4. The third-order valence-corrected chi connectivity index (χ3v) is 6.99. The molecule has 1 aliphatic heterocycles. The molecule has 2 amide bonds. The number of imidazole rings is 2. The highest BCUT2D eigenvalue weighted by Crippen LogP contribution is 2.28. The van der Waals surface area contributed by atoms with Crippen molar-refractivity contribution in [3.63, 3.8) is 0 Å². The Balaban J connectivity index is 1.46. The Labute approximate surface area is 210 Å². The highest BCUT2D eigenvalue weighted by molar-refractivity contribution is 7.18. The van der Waals surface area contributed by atoms with E-state index in [1.165, 1.54) is 11.3 Å². The summed E-state index contributed by atoms with van der Waals surface area (Å²) in [5, 5.41) is 2.91. The highest BCUT2D eigenvalue weighted by Gasteiger charge is 2.22. The minimum atomic E-state index is -0.200. The van der Waals surface area contributed by atoms with Gasteiger partial charge in [-0.25, -0.2) is 9.97 Å². The minimum Gasteiger partial charge on any atom is -0.370 e. The van der Waals surface area contributed by atoms with E-state index in [0.29, 0.717) is 33.9 Å². The van der Waals surface area contributed by atoms with Crippen LogP contribution in [0.4, 0.5) is 5.69 Å². The van der Waals surface area contributed by atoms with E-state index in [1.807, 2.05) is 47.5 Å². The number of hydrogen-bond donors (Lipinski definition) is 1. The molecule has 0 bridgehead atoms. The second kappa shape index (κ2) is 9.65. The maximum atomic E-state index is 12.5. The van der Waals surface area contributed by atoms with E-state index in [-0.39, 0.29) is 25.0 Å². The zero-order chi connectivity index (χ0) is 24.5. The highest BCUT2D eigenvalue weighted by atomic mass is 35.5. The number of anilines is 1. The number of morpholine rings is 1. The van der Waals surface area contributed by atoms with E-state index < -0.39 is 0 Å². The van der Waals surface area contributed by atoms with E-state index in [0.717, 1.165) is 22.6 Å². The van der Waals surface area contributed by atoms with Crippen molar-refractivity contribution in [1.29, 1.82) is 0 Å². The maximum absolute atomic E-state index is 12.5. The average Bonchev–Trinajstić information content (AvgIpc) is 3.57. The smallest absolute Gasteiger partial charge is 0.261 e. The number of amides is 2. The van der Waals surface area contributed by atoms with Gasteiger partial charge in [-0.05, 0) is 42.8 Å². The molecule has 11 heteroatoms. The van der Waals surface area contributed by atoms with Gasteiger partial charge in [-0.15, -0.1) is 11.3 Å². The SMILES string of the molecule is Cc1cc(-n2cc(CNC(=O)c3ccc(Cl)s3)nc2-c2cncn2C)ccc1N1CCOCC1=O. The van der Waals surface area contributed by atoms with Crippen LogP contribution in [0.1, 0.15) is 20.9 Å². The molecule has 1 aliphatic rings. The first-order valence-electron chi connectivity index (χ1n) is 11.0. The number of carbonyl (C=O) groups is 2. The molecule has 0 unspecified atom stereocenters. The number of nitrogens with one attached hydrogen (secondary N) is 1. The van der Waals surface area contributed by atoms with Gasteiger partial charge in [-0.2, -0.15) is 0 Å². The molecule has 0 spiro atoms. The van der Waals surface area contributed by atoms with Gasteiger partial charge in [0.2, 0.25) is 0 Å². The first kappa shape index (κ1) is 23.3. The van der Waals surface area contributed by atoms with Crippen LogP contribution in [0.5, 0.6) is 0 Å². The van der Waals surface area contributed by atoms with Gasteiger partial charge in [-0.1, -0.05) is 11.6 Å². The number of aryl methyl sites for hydroxylation is 2. The lowest BCUT2D eigenvalue weighted by atomic mass is 10.1. The Morgan fingerprint density at radius 1 is 1.29 bits per heavy atom. The van der Waals surface area contributed by atoms with Crippen molar-refractivity contribution in [2.45, 2.75) is 13.5 Å². The number of nitrogens with zero attached hydrogens (tertiary/aromatic N) is 5. The number of benzene rings is 1. The maximum Gasteiger partial charge on any atom is 0.261 e. The molecule has 3 aromatic heterocycles. The summed E-state index contributed by atoms with van der Waals surface area (Å²) >= 11 is 7.18. The molecule has 180 valence electrons. The van der Waals surface area contributed by atoms with Gasteiger partial charge in [-0.3, -0.25) is 14.2 Å². The fourth-order valence-electron chi connectivity index (χ4n) is 4.02. The van der Waals surface area contributed by atoms with Crippen molar-refractivity contribution in [2.24, 2.45) is 7.05 Å². The number of carbonyl (C=O) groups excluding carboxylic acids is 2. The predicted molar refractivity (Wildman–Crippen MR) is 134 cm³/mol. The van der Waals surface area contributed by atoms with E-state index in [4.69, 9.17) is 21.3 Å². The first-order valence-corrected chi connectivity index (χ1v) is 12.2. The zero-order valence-electron chi connectivity index (χ0n) is 19.2. The quantitative estimate of drug-likeness (QED) is 0.428. The van der Waals surface area contributed by atoms with Crippen LogP contribution in [0, 0.1) is 6.92 Å². The summed E-state index contributed by atoms with van der Waals surface area (Å²) in [4.78, 5) is 36.1. The van der Waals surface area contributed by atoms with Gasteiger partial charge in [0.1, 0.15) is 12.3 Å². The lowest BCUT2D eigenvalue weighted by molar-refractivity contribution is -0.125. The van der Waals surface area contributed by atoms with Crippen molar-refractivity contribution >= 4 is 40.4 Å². The number of ether oxygens (including phenoxy) is 1. The van der Waals surface area contributed by atoms with Crippen molar-refractivity contribution in [1.82, 2.24) is 24.4 Å². The van der Waals surface area contributed by atoms with Crippen LogP contribution in [0.3, 0.4) is 0 Å². The molecule has 0 aliphatic carbocycles. The summed E-state index contributed by atoms with van der Waals surface area (Å²) in [6.07, 6.45) is 5.37. The Hall–Kier alpha value is -3.47. The van der Waals surface area contributed by atoms with Crippen LogP contribution in [0.25, 0.3) is 17.2 Å². The van der Waals surface area contributed by atoms with Crippen molar-refractivity contribution < 1.29 is 14.3 Å². The second-order valence-electron chi connectivity index (χ2n) is 8.17. The van der Waals surface area contributed by atoms with Gasteiger partial charge in [0, 0.05) is 31.2 Å². The topological polar surface area (TPSA) is 94.3 Å². The molecule has 9 nitrogen and oxygen atoms in total. The molecule has 1 fully saturated rings. The number of hydrogen-bond acceptors (Lipinski definition) is 6. The van der Waals surface area contributed by atoms with Crippen LogP contribution in [0.2, 0.25) is 4.34 Å². The molecular formula is C24H23ClN6O3S. The summed E-state index contributed by atoms with van der Waals surface area (Å²) in [6.45, 7) is 3.39. The summed E-state index contributed by atoms with van der Waals surface area (Å²) < 4.78 is 9.69. The van der Waals surface area contributed by atoms with E-state index in [9.17, 15) is 9.59 Å². The fourth-order valence-corrected chi connectivity index (χ4v) is 4.98. The number of halogens is 1. The molecule has 4 heterocycles. The molecule has 0 atom stereocenters. The van der Waals surface area contributed by atoms with Crippen LogP contribution in [-0.4, -0.2) is 50.7 Å². The van der Waals surface area contributed by atoms with Crippen LogP contribution in [-0.2, 0) is 23.1 Å². The second-order valence-corrected chi connectivity index (χ2v) is 9.89. The van der Waals surface area contributed by atoms with E-state index in [1.54, 1.807) is 29.6 Å². The van der Waals surface area contributed by atoms with Gasteiger partial charge in [0.15, 0.2) is 5.82 Å². The molecule has 35 heavy (non-hydrogen) atoms. The third-order valence-electron chi connectivity index (χ3n) is 5.76. The fraction of sp³-hybridized carbons (Fsp3) is 0.250. The Kier molecular flexibility index (Phi) is 6.42. The molecule has 1 N–H and O–H groups in total. The minimum absolute atomic E-state index is 0.0460. The number of rotatable bonds is 6. The monoisotopic (exact) mass is 510 g/mol. The number of thiophene rings is 1. The zero-order valence-corrected chi connectivity index (χ0v) is 20.8. The summed E-state index contributed by atoms with van der Waals surface area (Å²) in [5.41, 5.74) is 4.25. The molecule has 1 aromatic carbocycles. The molecule has 1 saturated heterocycles. The van der Waals surface area contributed by atoms with Crippen molar-refractivity contribution in [3.8, 4) is 17.2 Å². The van der Waals surface area contributed by atoms with Crippen LogP contribution >= 0.6 is 22.9 Å². The summed E-state index contributed by atoms with van der Waals surface area (Å²) in [7, 11) is 1.90. The normalized spacial score (nSPS) is 13.9. The summed E-state index contributed by atoms with van der Waals surface area (Å²) in [6, 6.07) is 9.33. The Morgan fingerprint density at radius 3 is 2.83 bits per heavy atom. The van der Waals surface area contributed by atoms with Gasteiger partial charge < -0.3 is 19.5 Å². The molecular weight excluding hydrogens is 488 g/mol. The van der Waals surface area contributed by atoms with Gasteiger partial charge in [0.05, 0.1) is 40.6 Å². The average molecular weight is 511 g/mol. The van der Waals surface area contributed by atoms with Gasteiger partial charge in [0.25, 0.3) is 11.8 Å². The predicted octanol–water partition coefficient (Wildman–Crippen LogP) is 3.59. The largest absolute Gasteiger partial charge is 0.370 e. The van der Waals surface area contributed by atoms with Crippen molar-refractivity contribution in [2.75, 3.05) is 24.7 Å². The Morgan fingerprint density at radius 2 is 2.14 bits per heavy atom.